The van der Waals surface area contributed by atoms with Crippen LogP contribution in [-0.4, -0.2) is 52.0 Å². The molecule has 1 spiro atoms. The maximum absolute atomic E-state index is 12.4. The molecule has 0 aromatic rings. The van der Waals surface area contributed by atoms with E-state index in [9.17, 15) is 4.79 Å². The first-order chi connectivity index (χ1) is 9.23. The number of nitrogens with zero attached hydrogens (tertiary/aromatic N) is 2. The van der Waals surface area contributed by atoms with Crippen molar-refractivity contribution < 1.29 is 9.53 Å². The molecular weight excluding hydrogens is 272 g/mol. The maximum Gasteiger partial charge on any atom is 0.410 e. The van der Waals surface area contributed by atoms with Crippen molar-refractivity contribution in [2.24, 2.45) is 0 Å². The van der Waals surface area contributed by atoms with E-state index in [1.165, 1.54) is 0 Å². The molecular formula is C15H28N2O2S. The van der Waals surface area contributed by atoms with E-state index in [1.807, 2.05) is 25.7 Å². The summed E-state index contributed by atoms with van der Waals surface area (Å²) in [6.07, 6.45) is 4.15. The lowest BCUT2D eigenvalue weighted by molar-refractivity contribution is -0.00715. The molecule has 2 saturated heterocycles. The Balaban J connectivity index is 2.02. The van der Waals surface area contributed by atoms with Crippen LogP contribution in [0.1, 0.15) is 53.4 Å². The van der Waals surface area contributed by atoms with Crippen LogP contribution >= 0.6 is 12.6 Å². The minimum Gasteiger partial charge on any atom is -0.444 e. The summed E-state index contributed by atoms with van der Waals surface area (Å²) < 4.78 is 5.58. The Bertz CT molecular complexity index is 357. The first-order valence-electron chi connectivity index (χ1n) is 7.66. The fraction of sp³-hybridized carbons (Fsp3) is 0.933. The van der Waals surface area contributed by atoms with Crippen molar-refractivity contribution in [1.82, 2.24) is 9.80 Å². The molecule has 0 radical (unpaired) electrons. The number of thiol groups is 1. The Morgan fingerprint density at radius 2 is 1.80 bits per heavy atom. The van der Waals surface area contributed by atoms with Gasteiger partial charge in [-0.2, -0.15) is 12.6 Å². The number of carbonyl (C=O) groups is 1. The average molecular weight is 300 g/mol. The summed E-state index contributed by atoms with van der Waals surface area (Å²) in [6, 6.07) is 0. The standard InChI is InChI=1S/C15H28N2O2S/c1-12(20)16-10-7-15(8-11-16)6-5-9-17(15)13(18)19-14(2,3)4/h12,20H,5-11H2,1-4H3. The number of hydrogen-bond acceptors (Lipinski definition) is 4. The molecule has 116 valence electrons. The number of amides is 1. The molecule has 0 saturated carbocycles. The zero-order valence-electron chi connectivity index (χ0n) is 13.2. The lowest BCUT2D eigenvalue weighted by atomic mass is 9.85. The van der Waals surface area contributed by atoms with E-state index in [0.29, 0.717) is 5.37 Å². The summed E-state index contributed by atoms with van der Waals surface area (Å²) >= 11 is 4.51. The van der Waals surface area contributed by atoms with Gasteiger partial charge in [0.1, 0.15) is 5.60 Å². The summed E-state index contributed by atoms with van der Waals surface area (Å²) in [5.74, 6) is 0. The zero-order chi connectivity index (χ0) is 15.0. The molecule has 0 N–H and O–H groups in total. The summed E-state index contributed by atoms with van der Waals surface area (Å²) in [6.45, 7) is 10.8. The lowest BCUT2D eigenvalue weighted by Gasteiger charge is -2.45. The van der Waals surface area contributed by atoms with Crippen LogP contribution < -0.4 is 0 Å². The number of rotatable bonds is 1. The molecule has 4 nitrogen and oxygen atoms in total. The SMILES string of the molecule is CC(S)N1CCC2(CCCN2C(=O)OC(C)(C)C)CC1. The Morgan fingerprint density at radius 1 is 1.20 bits per heavy atom. The van der Waals surface area contributed by atoms with Gasteiger partial charge in [0.2, 0.25) is 0 Å². The zero-order valence-corrected chi connectivity index (χ0v) is 14.1. The molecule has 2 heterocycles. The molecule has 2 fully saturated rings. The van der Waals surface area contributed by atoms with E-state index in [1.54, 1.807) is 0 Å². The van der Waals surface area contributed by atoms with Gasteiger partial charge in [-0.1, -0.05) is 0 Å². The largest absolute Gasteiger partial charge is 0.444 e. The predicted octanol–water partition coefficient (Wildman–Crippen LogP) is 3.13. The third kappa shape index (κ3) is 3.42. The van der Waals surface area contributed by atoms with Crippen molar-refractivity contribution in [1.29, 1.82) is 0 Å². The van der Waals surface area contributed by atoms with Crippen LogP contribution in [0, 0.1) is 0 Å². The average Bonchev–Trinajstić information content (AvgIpc) is 2.71. The lowest BCUT2D eigenvalue weighted by Crippen LogP contribution is -2.55. The number of likely N-dealkylation sites (tertiary alicyclic amines) is 2. The highest BCUT2D eigenvalue weighted by Gasteiger charge is 2.46. The van der Waals surface area contributed by atoms with Crippen LogP contribution in [-0.2, 0) is 4.74 Å². The second kappa shape index (κ2) is 5.76. The molecule has 1 unspecified atom stereocenters. The highest BCUT2D eigenvalue weighted by Crippen LogP contribution is 2.39. The van der Waals surface area contributed by atoms with Crippen LogP contribution in [0.5, 0.6) is 0 Å². The molecule has 2 rings (SSSR count). The molecule has 1 amide bonds. The summed E-state index contributed by atoms with van der Waals surface area (Å²) in [4.78, 5) is 16.8. The molecule has 20 heavy (non-hydrogen) atoms. The van der Waals surface area contributed by atoms with Crippen molar-refractivity contribution >= 4 is 18.7 Å². The van der Waals surface area contributed by atoms with Crippen molar-refractivity contribution in [3.8, 4) is 0 Å². The Labute approximate surface area is 128 Å². The van der Waals surface area contributed by atoms with E-state index in [4.69, 9.17) is 4.74 Å². The van der Waals surface area contributed by atoms with E-state index in [0.717, 1.165) is 45.3 Å². The first kappa shape index (κ1) is 16.0. The monoisotopic (exact) mass is 300 g/mol. The van der Waals surface area contributed by atoms with Crippen molar-refractivity contribution in [2.75, 3.05) is 19.6 Å². The Hall–Kier alpha value is -0.420. The maximum atomic E-state index is 12.4. The van der Waals surface area contributed by atoms with E-state index >= 15 is 0 Å². The van der Waals surface area contributed by atoms with Gasteiger partial charge >= 0.3 is 6.09 Å². The van der Waals surface area contributed by atoms with Crippen molar-refractivity contribution in [2.45, 2.75) is 69.9 Å². The van der Waals surface area contributed by atoms with Gasteiger partial charge in [-0.05, 0) is 53.4 Å². The topological polar surface area (TPSA) is 32.8 Å². The second-order valence-corrected chi connectivity index (χ2v) is 7.88. The van der Waals surface area contributed by atoms with E-state index in [2.05, 4.69) is 24.5 Å². The van der Waals surface area contributed by atoms with Crippen molar-refractivity contribution in [3.63, 3.8) is 0 Å². The van der Waals surface area contributed by atoms with Crippen molar-refractivity contribution in [3.05, 3.63) is 0 Å². The van der Waals surface area contributed by atoms with Crippen LogP contribution in [0.25, 0.3) is 0 Å². The Morgan fingerprint density at radius 3 is 2.30 bits per heavy atom. The summed E-state index contributed by atoms with van der Waals surface area (Å²) in [7, 11) is 0. The fourth-order valence-corrected chi connectivity index (χ4v) is 3.61. The molecule has 5 heteroatoms. The van der Waals surface area contributed by atoms with E-state index < -0.39 is 5.60 Å². The molecule has 0 aromatic carbocycles. The smallest absolute Gasteiger partial charge is 0.410 e. The fourth-order valence-electron chi connectivity index (χ4n) is 3.37. The van der Waals surface area contributed by atoms with Crippen LogP contribution in [0.3, 0.4) is 0 Å². The van der Waals surface area contributed by atoms with Crippen LogP contribution in [0.4, 0.5) is 4.79 Å². The van der Waals surface area contributed by atoms with E-state index in [-0.39, 0.29) is 11.6 Å². The quantitative estimate of drug-likeness (QED) is 0.755. The number of carbonyl (C=O) groups excluding carboxylic acids is 1. The molecule has 0 aromatic heterocycles. The Kier molecular flexibility index (Phi) is 4.59. The first-order valence-corrected chi connectivity index (χ1v) is 8.18. The predicted molar refractivity (Wildman–Crippen MR) is 84.2 cm³/mol. The minimum atomic E-state index is -0.415. The van der Waals surface area contributed by atoms with Gasteiger partial charge in [0.05, 0.1) is 0 Å². The minimum absolute atomic E-state index is 0.0293. The third-order valence-corrected chi connectivity index (χ3v) is 4.79. The van der Waals surface area contributed by atoms with Crippen LogP contribution in [0.2, 0.25) is 0 Å². The highest BCUT2D eigenvalue weighted by atomic mass is 32.1. The normalized spacial score (nSPS) is 24.9. The third-order valence-electron chi connectivity index (χ3n) is 4.47. The number of hydrogen-bond donors (Lipinski definition) is 1. The molecule has 0 aliphatic carbocycles. The second-order valence-electron chi connectivity index (χ2n) is 7.13. The summed E-state index contributed by atoms with van der Waals surface area (Å²) in [5.41, 5.74) is -0.386. The molecule has 0 bridgehead atoms. The van der Waals surface area contributed by atoms with Gasteiger partial charge in [0.25, 0.3) is 0 Å². The number of piperidine rings is 1. The molecule has 2 aliphatic heterocycles. The summed E-state index contributed by atoms with van der Waals surface area (Å²) in [5, 5.41) is 0.295. The van der Waals surface area contributed by atoms with Gasteiger partial charge in [0, 0.05) is 30.5 Å². The van der Waals surface area contributed by atoms with Crippen LogP contribution in [0.15, 0.2) is 0 Å². The van der Waals surface area contributed by atoms with Gasteiger partial charge in [-0.25, -0.2) is 4.79 Å². The van der Waals surface area contributed by atoms with Gasteiger partial charge < -0.3 is 9.64 Å². The highest BCUT2D eigenvalue weighted by molar-refractivity contribution is 7.80. The molecule has 2 aliphatic rings. The van der Waals surface area contributed by atoms with Gasteiger partial charge in [-0.15, -0.1) is 0 Å². The van der Waals surface area contributed by atoms with Gasteiger partial charge in [-0.3, -0.25) is 4.90 Å². The number of ether oxygens (including phenoxy) is 1. The molecule has 1 atom stereocenters. The van der Waals surface area contributed by atoms with Gasteiger partial charge in [0.15, 0.2) is 0 Å².